The van der Waals surface area contributed by atoms with E-state index in [0.717, 1.165) is 25.0 Å². The molecule has 0 radical (unpaired) electrons. The molecule has 2 aliphatic heterocycles. The number of benzene rings is 1. The number of hydrogen-bond donors (Lipinski definition) is 0. The first-order chi connectivity index (χ1) is 11.4. The van der Waals surface area contributed by atoms with Crippen molar-refractivity contribution in [1.82, 2.24) is 4.90 Å². The molecule has 1 aromatic carbocycles. The fraction of sp³-hybridized carbons (Fsp3) is 0.588. The third kappa shape index (κ3) is 3.15. The molecule has 2 aliphatic rings. The summed E-state index contributed by atoms with van der Waals surface area (Å²) in [5.74, 6) is -0.398. The van der Waals surface area contributed by atoms with Crippen molar-refractivity contribution in [2.24, 2.45) is 0 Å². The van der Waals surface area contributed by atoms with Gasteiger partial charge >= 0.3 is 6.18 Å². The first-order valence-corrected chi connectivity index (χ1v) is 7.99. The van der Waals surface area contributed by atoms with Crippen molar-refractivity contribution in [2.75, 3.05) is 26.8 Å². The van der Waals surface area contributed by atoms with Gasteiger partial charge < -0.3 is 14.4 Å². The summed E-state index contributed by atoms with van der Waals surface area (Å²) in [6, 6.07) is 4.56. The molecule has 4 nitrogen and oxygen atoms in total. The van der Waals surface area contributed by atoms with Gasteiger partial charge in [-0.15, -0.1) is 0 Å². The smallest absolute Gasteiger partial charge is 0.378 e. The van der Waals surface area contributed by atoms with E-state index >= 15 is 0 Å². The average molecular weight is 343 g/mol. The van der Waals surface area contributed by atoms with Crippen LogP contribution in [0.5, 0.6) is 0 Å². The highest BCUT2D eigenvalue weighted by molar-refractivity contribution is 5.94. The lowest BCUT2D eigenvalue weighted by Gasteiger charge is -2.44. The number of halogens is 3. The minimum atomic E-state index is -4.46. The standard InChI is InChI=1S/C17H20F3NO3/c1-23-14-6-8-21(11-16(14)7-3-9-24-16)15(22)12-4-2-5-13(10-12)17(18,19)20/h2,4-5,10,14H,3,6-9,11H2,1H3/t14-,16-/m0/s1. The summed E-state index contributed by atoms with van der Waals surface area (Å²) in [4.78, 5) is 14.3. The number of likely N-dealkylation sites (tertiary alicyclic amines) is 1. The lowest BCUT2D eigenvalue weighted by atomic mass is 9.86. The number of amides is 1. The van der Waals surface area contributed by atoms with Gasteiger partial charge in [-0.1, -0.05) is 6.07 Å². The molecule has 2 saturated heterocycles. The molecule has 2 heterocycles. The number of rotatable bonds is 2. The number of piperidine rings is 1. The molecule has 0 aliphatic carbocycles. The Hall–Kier alpha value is -1.60. The van der Waals surface area contributed by atoms with Crippen LogP contribution in [0.15, 0.2) is 24.3 Å². The van der Waals surface area contributed by atoms with E-state index in [2.05, 4.69) is 0 Å². The van der Waals surface area contributed by atoms with Gasteiger partial charge in [0.2, 0.25) is 0 Å². The van der Waals surface area contributed by atoms with Crippen LogP contribution in [0, 0.1) is 0 Å². The fourth-order valence-corrected chi connectivity index (χ4v) is 3.65. The fourth-order valence-electron chi connectivity index (χ4n) is 3.65. The molecule has 132 valence electrons. The van der Waals surface area contributed by atoms with Gasteiger partial charge in [-0.25, -0.2) is 0 Å². The Balaban J connectivity index is 1.81. The van der Waals surface area contributed by atoms with Crippen molar-refractivity contribution in [3.8, 4) is 0 Å². The van der Waals surface area contributed by atoms with Crippen LogP contribution in [0.1, 0.15) is 35.2 Å². The van der Waals surface area contributed by atoms with Gasteiger partial charge in [-0.2, -0.15) is 13.2 Å². The molecular formula is C17H20F3NO3. The van der Waals surface area contributed by atoms with Crippen LogP contribution >= 0.6 is 0 Å². The van der Waals surface area contributed by atoms with Gasteiger partial charge in [-0.3, -0.25) is 4.79 Å². The van der Waals surface area contributed by atoms with Crippen LogP contribution in [0.3, 0.4) is 0 Å². The van der Waals surface area contributed by atoms with E-state index in [4.69, 9.17) is 9.47 Å². The van der Waals surface area contributed by atoms with Crippen LogP contribution in [0.2, 0.25) is 0 Å². The van der Waals surface area contributed by atoms with E-state index in [0.29, 0.717) is 26.1 Å². The second kappa shape index (κ2) is 6.37. The zero-order valence-corrected chi connectivity index (χ0v) is 13.4. The minimum absolute atomic E-state index is 0.0499. The Morgan fingerprint density at radius 2 is 2.21 bits per heavy atom. The monoisotopic (exact) mass is 343 g/mol. The Morgan fingerprint density at radius 1 is 1.42 bits per heavy atom. The summed E-state index contributed by atoms with van der Waals surface area (Å²) in [7, 11) is 1.62. The molecule has 24 heavy (non-hydrogen) atoms. The van der Waals surface area contributed by atoms with Gasteiger partial charge in [-0.05, 0) is 37.5 Å². The van der Waals surface area contributed by atoms with Crippen LogP contribution in [-0.4, -0.2) is 49.3 Å². The van der Waals surface area contributed by atoms with Crippen LogP contribution in [0.4, 0.5) is 13.2 Å². The van der Waals surface area contributed by atoms with Crippen molar-refractivity contribution >= 4 is 5.91 Å². The third-order valence-electron chi connectivity index (χ3n) is 4.85. The number of carbonyl (C=O) groups excluding carboxylic acids is 1. The van der Waals surface area contributed by atoms with Crippen molar-refractivity contribution in [1.29, 1.82) is 0 Å². The summed E-state index contributed by atoms with van der Waals surface area (Å²) in [6.45, 7) is 1.41. The number of alkyl halides is 3. The van der Waals surface area contributed by atoms with E-state index < -0.39 is 23.2 Å². The van der Waals surface area contributed by atoms with Gasteiger partial charge in [0.15, 0.2) is 0 Å². The van der Waals surface area contributed by atoms with Crippen molar-refractivity contribution in [3.05, 3.63) is 35.4 Å². The first kappa shape index (κ1) is 17.2. The largest absolute Gasteiger partial charge is 0.416 e. The normalized spacial score (nSPS) is 27.7. The zero-order chi connectivity index (χ0) is 17.4. The molecule has 1 amide bonds. The lowest BCUT2D eigenvalue weighted by molar-refractivity contribution is -0.138. The summed E-state index contributed by atoms with van der Waals surface area (Å²) < 4.78 is 49.9. The minimum Gasteiger partial charge on any atom is -0.378 e. The molecule has 0 aromatic heterocycles. The van der Waals surface area contributed by atoms with Crippen molar-refractivity contribution < 1.29 is 27.4 Å². The van der Waals surface area contributed by atoms with E-state index in [-0.39, 0.29) is 11.7 Å². The second-order valence-electron chi connectivity index (χ2n) is 6.34. The average Bonchev–Trinajstić information content (AvgIpc) is 3.02. The maximum Gasteiger partial charge on any atom is 0.416 e. The SMILES string of the molecule is CO[C@H]1CCN(C(=O)c2cccc(C(F)(F)F)c2)C[C@@]12CCCO2. The van der Waals surface area contributed by atoms with Crippen molar-refractivity contribution in [3.63, 3.8) is 0 Å². The summed E-state index contributed by atoms with van der Waals surface area (Å²) >= 11 is 0. The molecule has 1 spiro atoms. The maximum absolute atomic E-state index is 12.8. The van der Waals surface area contributed by atoms with E-state index in [1.54, 1.807) is 12.0 Å². The highest BCUT2D eigenvalue weighted by atomic mass is 19.4. The number of carbonyl (C=O) groups is 1. The topological polar surface area (TPSA) is 38.8 Å². The Bertz CT molecular complexity index is 611. The van der Waals surface area contributed by atoms with Crippen molar-refractivity contribution in [2.45, 2.75) is 37.1 Å². The highest BCUT2D eigenvalue weighted by Crippen LogP contribution is 2.37. The van der Waals surface area contributed by atoms with E-state index in [1.807, 2.05) is 0 Å². The number of nitrogens with zero attached hydrogens (tertiary/aromatic N) is 1. The maximum atomic E-state index is 12.8. The van der Waals surface area contributed by atoms with E-state index in [1.165, 1.54) is 12.1 Å². The first-order valence-electron chi connectivity index (χ1n) is 7.99. The van der Waals surface area contributed by atoms with Gasteiger partial charge in [0.1, 0.15) is 5.60 Å². The number of hydrogen-bond acceptors (Lipinski definition) is 3. The zero-order valence-electron chi connectivity index (χ0n) is 13.4. The predicted molar refractivity (Wildman–Crippen MR) is 80.7 cm³/mol. The molecule has 3 rings (SSSR count). The molecule has 1 aromatic rings. The molecule has 2 fully saturated rings. The number of methoxy groups -OCH3 is 1. The Kier molecular flexibility index (Phi) is 4.57. The third-order valence-corrected chi connectivity index (χ3v) is 4.85. The molecule has 7 heteroatoms. The molecule has 0 N–H and O–H groups in total. The molecular weight excluding hydrogens is 323 g/mol. The summed E-state index contributed by atoms with van der Waals surface area (Å²) in [5.41, 5.74) is -1.30. The van der Waals surface area contributed by atoms with Crippen LogP contribution in [-0.2, 0) is 15.7 Å². The summed E-state index contributed by atoms with van der Waals surface area (Å²) in [6.07, 6.45) is -2.26. The predicted octanol–water partition coefficient (Wildman–Crippen LogP) is 3.12. The molecule has 0 bridgehead atoms. The van der Waals surface area contributed by atoms with Crippen LogP contribution in [0.25, 0.3) is 0 Å². The quantitative estimate of drug-likeness (QED) is 0.828. The van der Waals surface area contributed by atoms with E-state index in [9.17, 15) is 18.0 Å². The Morgan fingerprint density at radius 3 is 2.83 bits per heavy atom. The second-order valence-corrected chi connectivity index (χ2v) is 6.34. The van der Waals surface area contributed by atoms with Gasteiger partial charge in [0.05, 0.1) is 18.2 Å². The molecule has 0 unspecified atom stereocenters. The number of ether oxygens (including phenoxy) is 2. The van der Waals surface area contributed by atoms with Gasteiger partial charge in [0.25, 0.3) is 5.91 Å². The van der Waals surface area contributed by atoms with Crippen LogP contribution < -0.4 is 0 Å². The summed E-state index contributed by atoms with van der Waals surface area (Å²) in [5, 5.41) is 0. The highest BCUT2D eigenvalue weighted by Gasteiger charge is 2.48. The Labute approximate surface area is 138 Å². The molecule has 2 atom stereocenters. The van der Waals surface area contributed by atoms with Gasteiger partial charge in [0, 0.05) is 25.8 Å². The molecule has 0 saturated carbocycles. The lowest BCUT2D eigenvalue weighted by Crippen LogP contribution is -2.58.